The summed E-state index contributed by atoms with van der Waals surface area (Å²) in [6.07, 6.45) is 5.26. The van der Waals surface area contributed by atoms with E-state index in [2.05, 4.69) is 39.9 Å². The van der Waals surface area contributed by atoms with Gasteiger partial charge in [-0.25, -0.2) is 0 Å². The SMILES string of the molecule is CC(C)(C)CCOC(C)(C)CCCNC(=O)CCN1C(=O)C=CC1=O. The van der Waals surface area contributed by atoms with Crippen molar-refractivity contribution in [3.8, 4) is 0 Å². The molecule has 25 heavy (non-hydrogen) atoms. The third kappa shape index (κ3) is 8.82. The summed E-state index contributed by atoms with van der Waals surface area (Å²) in [5, 5.41) is 2.83. The van der Waals surface area contributed by atoms with E-state index in [4.69, 9.17) is 4.74 Å². The Balaban J connectivity index is 2.14. The van der Waals surface area contributed by atoms with E-state index >= 15 is 0 Å². The molecule has 1 heterocycles. The summed E-state index contributed by atoms with van der Waals surface area (Å²) in [5.74, 6) is -0.863. The second-order valence-electron chi connectivity index (χ2n) is 8.28. The second-order valence-corrected chi connectivity index (χ2v) is 8.28. The van der Waals surface area contributed by atoms with Gasteiger partial charge >= 0.3 is 0 Å². The van der Waals surface area contributed by atoms with Crippen molar-refractivity contribution in [2.24, 2.45) is 5.41 Å². The molecule has 0 aromatic rings. The Hall–Kier alpha value is -1.69. The monoisotopic (exact) mass is 352 g/mol. The van der Waals surface area contributed by atoms with Crippen LogP contribution in [0.2, 0.25) is 0 Å². The van der Waals surface area contributed by atoms with Crippen molar-refractivity contribution in [1.29, 1.82) is 0 Å². The predicted molar refractivity (Wildman–Crippen MR) is 96.8 cm³/mol. The van der Waals surface area contributed by atoms with Crippen LogP contribution in [0.25, 0.3) is 0 Å². The molecule has 0 spiro atoms. The molecule has 1 aliphatic heterocycles. The Morgan fingerprint density at radius 3 is 2.24 bits per heavy atom. The number of imide groups is 1. The molecule has 0 radical (unpaired) electrons. The molecule has 0 unspecified atom stereocenters. The average Bonchev–Trinajstić information content (AvgIpc) is 2.79. The summed E-state index contributed by atoms with van der Waals surface area (Å²) < 4.78 is 5.95. The number of carbonyl (C=O) groups excluding carboxylic acids is 3. The highest BCUT2D eigenvalue weighted by Crippen LogP contribution is 2.22. The first-order valence-electron chi connectivity index (χ1n) is 8.94. The average molecular weight is 352 g/mol. The van der Waals surface area contributed by atoms with Crippen LogP contribution in [0.15, 0.2) is 12.2 Å². The van der Waals surface area contributed by atoms with Crippen LogP contribution < -0.4 is 5.32 Å². The highest BCUT2D eigenvalue weighted by atomic mass is 16.5. The van der Waals surface area contributed by atoms with E-state index in [1.807, 2.05) is 0 Å². The Morgan fingerprint density at radius 2 is 1.68 bits per heavy atom. The van der Waals surface area contributed by atoms with Crippen LogP contribution in [0.4, 0.5) is 0 Å². The van der Waals surface area contributed by atoms with Crippen molar-refractivity contribution in [1.82, 2.24) is 10.2 Å². The zero-order chi connectivity index (χ0) is 19.1. The molecule has 6 nitrogen and oxygen atoms in total. The van der Waals surface area contributed by atoms with E-state index in [1.165, 1.54) is 12.2 Å². The lowest BCUT2D eigenvalue weighted by molar-refractivity contribution is -0.137. The summed E-state index contributed by atoms with van der Waals surface area (Å²) in [5.41, 5.74) is 0.0493. The minimum Gasteiger partial charge on any atom is -0.376 e. The summed E-state index contributed by atoms with van der Waals surface area (Å²) in [4.78, 5) is 35.7. The van der Waals surface area contributed by atoms with Gasteiger partial charge in [0.2, 0.25) is 5.91 Å². The third-order valence-electron chi connectivity index (χ3n) is 4.09. The number of ether oxygens (including phenoxy) is 1. The highest BCUT2D eigenvalue weighted by Gasteiger charge is 2.23. The third-order valence-corrected chi connectivity index (χ3v) is 4.09. The Morgan fingerprint density at radius 1 is 1.08 bits per heavy atom. The number of nitrogens with zero attached hydrogens (tertiary/aromatic N) is 1. The van der Waals surface area contributed by atoms with Gasteiger partial charge in [0.15, 0.2) is 0 Å². The smallest absolute Gasteiger partial charge is 0.253 e. The van der Waals surface area contributed by atoms with Crippen molar-refractivity contribution < 1.29 is 19.1 Å². The topological polar surface area (TPSA) is 75.7 Å². The van der Waals surface area contributed by atoms with Gasteiger partial charge < -0.3 is 10.1 Å². The number of carbonyl (C=O) groups is 3. The second kappa shape index (κ2) is 9.13. The van der Waals surface area contributed by atoms with Gasteiger partial charge in [-0.15, -0.1) is 0 Å². The molecule has 0 aromatic carbocycles. The first-order valence-corrected chi connectivity index (χ1v) is 8.94. The van der Waals surface area contributed by atoms with Crippen LogP contribution in [-0.4, -0.2) is 47.9 Å². The maximum atomic E-state index is 11.8. The van der Waals surface area contributed by atoms with Crippen LogP contribution in [-0.2, 0) is 19.1 Å². The van der Waals surface area contributed by atoms with Crippen LogP contribution in [0, 0.1) is 5.41 Å². The van der Waals surface area contributed by atoms with Gasteiger partial charge in [0.05, 0.1) is 5.60 Å². The fourth-order valence-electron chi connectivity index (χ4n) is 2.40. The van der Waals surface area contributed by atoms with E-state index in [-0.39, 0.29) is 41.7 Å². The number of hydrogen-bond acceptors (Lipinski definition) is 4. The molecule has 142 valence electrons. The van der Waals surface area contributed by atoms with Gasteiger partial charge in [0.25, 0.3) is 11.8 Å². The predicted octanol–water partition coefficient (Wildman–Crippen LogP) is 2.43. The van der Waals surface area contributed by atoms with Crippen molar-refractivity contribution in [2.75, 3.05) is 19.7 Å². The molecule has 1 N–H and O–H groups in total. The molecule has 0 aliphatic carbocycles. The summed E-state index contributed by atoms with van der Waals surface area (Å²) in [6.45, 7) is 12.1. The largest absolute Gasteiger partial charge is 0.376 e. The Bertz CT molecular complexity index is 500. The number of amides is 3. The minimum atomic E-state index is -0.355. The molecule has 0 saturated heterocycles. The maximum absolute atomic E-state index is 11.8. The molecule has 1 rings (SSSR count). The lowest BCUT2D eigenvalue weighted by Gasteiger charge is -2.27. The van der Waals surface area contributed by atoms with Gasteiger partial charge in [-0.2, -0.15) is 0 Å². The molecular weight excluding hydrogens is 320 g/mol. The first-order chi connectivity index (χ1) is 11.5. The van der Waals surface area contributed by atoms with Crippen molar-refractivity contribution in [3.63, 3.8) is 0 Å². The van der Waals surface area contributed by atoms with Crippen LogP contribution in [0.3, 0.4) is 0 Å². The number of rotatable bonds is 10. The Kier molecular flexibility index (Phi) is 7.80. The van der Waals surface area contributed by atoms with E-state index in [1.54, 1.807) is 0 Å². The molecule has 0 fully saturated rings. The van der Waals surface area contributed by atoms with Crippen molar-refractivity contribution >= 4 is 17.7 Å². The lowest BCUT2D eigenvalue weighted by atomic mass is 9.93. The molecular formula is C19H32N2O4. The zero-order valence-corrected chi connectivity index (χ0v) is 16.2. The summed E-state index contributed by atoms with van der Waals surface area (Å²) in [6, 6.07) is 0. The maximum Gasteiger partial charge on any atom is 0.253 e. The fraction of sp³-hybridized carbons (Fsp3) is 0.737. The molecule has 0 bridgehead atoms. The molecule has 0 saturated carbocycles. The molecule has 3 amide bonds. The van der Waals surface area contributed by atoms with Crippen molar-refractivity contribution in [3.05, 3.63) is 12.2 Å². The quantitative estimate of drug-likeness (QED) is 0.484. The minimum absolute atomic E-state index is 0.123. The summed E-state index contributed by atoms with van der Waals surface area (Å²) >= 11 is 0. The van der Waals surface area contributed by atoms with Crippen LogP contribution in [0.5, 0.6) is 0 Å². The van der Waals surface area contributed by atoms with Gasteiger partial charge in [-0.1, -0.05) is 20.8 Å². The summed E-state index contributed by atoms with van der Waals surface area (Å²) in [7, 11) is 0. The van der Waals surface area contributed by atoms with Gasteiger partial charge in [0, 0.05) is 38.3 Å². The zero-order valence-electron chi connectivity index (χ0n) is 16.2. The van der Waals surface area contributed by atoms with Crippen LogP contribution in [0.1, 0.15) is 60.3 Å². The van der Waals surface area contributed by atoms with Crippen LogP contribution >= 0.6 is 0 Å². The van der Waals surface area contributed by atoms with E-state index in [0.29, 0.717) is 6.54 Å². The number of hydrogen-bond donors (Lipinski definition) is 1. The van der Waals surface area contributed by atoms with Gasteiger partial charge in [-0.05, 0) is 38.5 Å². The normalized spacial score (nSPS) is 15.2. The molecule has 0 aromatic heterocycles. The van der Waals surface area contributed by atoms with E-state index in [0.717, 1.165) is 30.8 Å². The van der Waals surface area contributed by atoms with E-state index in [9.17, 15) is 14.4 Å². The Labute approximate surface area is 151 Å². The molecule has 1 aliphatic rings. The molecule has 0 atom stereocenters. The lowest BCUT2D eigenvalue weighted by Crippen LogP contribution is -2.35. The van der Waals surface area contributed by atoms with Gasteiger partial charge in [-0.3, -0.25) is 19.3 Å². The highest BCUT2D eigenvalue weighted by molar-refractivity contribution is 6.13. The van der Waals surface area contributed by atoms with E-state index < -0.39 is 0 Å². The standard InChI is InChI=1S/C19H32N2O4/c1-18(2,3)11-14-25-19(4,5)10-6-12-20-15(22)9-13-21-16(23)7-8-17(21)24/h7-8H,6,9-14H2,1-5H3,(H,20,22). The number of nitrogens with one attached hydrogen (secondary N) is 1. The fourth-order valence-corrected chi connectivity index (χ4v) is 2.40. The van der Waals surface area contributed by atoms with Crippen molar-refractivity contribution in [2.45, 2.75) is 65.9 Å². The first kappa shape index (κ1) is 21.4. The van der Waals surface area contributed by atoms with Gasteiger partial charge in [0.1, 0.15) is 0 Å². The molecule has 6 heteroatoms.